The number of aromatic nitrogens is 3. The first kappa shape index (κ1) is 17.5. The van der Waals surface area contributed by atoms with Gasteiger partial charge in [0.2, 0.25) is 0 Å². The third kappa shape index (κ3) is 3.68. The maximum absolute atomic E-state index is 12.2. The van der Waals surface area contributed by atoms with E-state index in [4.69, 9.17) is 4.74 Å². The van der Waals surface area contributed by atoms with Crippen molar-refractivity contribution in [2.45, 2.75) is 13.3 Å². The van der Waals surface area contributed by atoms with Gasteiger partial charge in [0.1, 0.15) is 11.3 Å². The molecule has 0 unspecified atom stereocenters. The smallest absolute Gasteiger partial charge is 0.461 e. The normalized spacial score (nSPS) is 11.5. The number of alkyl halides is 3. The van der Waals surface area contributed by atoms with Gasteiger partial charge in [-0.15, -0.1) is 13.2 Å². The monoisotopic (exact) mass is 367 g/mol. The van der Waals surface area contributed by atoms with E-state index in [0.29, 0.717) is 11.3 Å². The lowest BCUT2D eigenvalue weighted by Crippen LogP contribution is -2.17. The molecule has 10 heteroatoms. The van der Waals surface area contributed by atoms with Crippen LogP contribution in [-0.4, -0.2) is 33.5 Å². The fourth-order valence-electron chi connectivity index (χ4n) is 2.29. The zero-order valence-corrected chi connectivity index (χ0v) is 13.3. The average Bonchev–Trinajstić information content (AvgIpc) is 2.99. The minimum atomic E-state index is -4.78. The van der Waals surface area contributed by atoms with E-state index in [9.17, 15) is 22.8 Å². The molecule has 0 fully saturated rings. The van der Waals surface area contributed by atoms with E-state index >= 15 is 0 Å². The quantitative estimate of drug-likeness (QED) is 0.717. The maximum atomic E-state index is 12.2. The number of hydrogen-bond donors (Lipinski definition) is 1. The third-order valence-corrected chi connectivity index (χ3v) is 3.35. The topological polar surface area (TPSA) is 85.7 Å². The number of aromatic amines is 1. The predicted molar refractivity (Wildman–Crippen MR) is 83.9 cm³/mol. The van der Waals surface area contributed by atoms with Crippen molar-refractivity contribution >= 4 is 11.5 Å². The average molecular weight is 367 g/mol. The minimum Gasteiger partial charge on any atom is -0.461 e. The number of nitrogens with zero attached hydrogens (tertiary/aromatic N) is 2. The van der Waals surface area contributed by atoms with Crippen LogP contribution in [0.3, 0.4) is 0 Å². The molecule has 3 aromatic rings. The van der Waals surface area contributed by atoms with Gasteiger partial charge in [-0.1, -0.05) is 0 Å². The van der Waals surface area contributed by atoms with E-state index in [-0.39, 0.29) is 23.6 Å². The zero-order valence-electron chi connectivity index (χ0n) is 13.3. The summed E-state index contributed by atoms with van der Waals surface area (Å²) in [5.74, 6) is -1.04. The Kier molecular flexibility index (Phi) is 4.41. The lowest BCUT2D eigenvalue weighted by molar-refractivity contribution is -0.274. The fraction of sp³-hybridized carbons (Fsp3) is 0.188. The van der Waals surface area contributed by atoms with Crippen LogP contribution in [-0.2, 0) is 4.74 Å². The van der Waals surface area contributed by atoms with Crippen molar-refractivity contribution in [3.63, 3.8) is 0 Å². The Morgan fingerprint density at radius 2 is 1.96 bits per heavy atom. The Morgan fingerprint density at radius 1 is 1.27 bits per heavy atom. The molecule has 3 rings (SSSR count). The number of carbonyl (C=O) groups is 1. The molecule has 26 heavy (non-hydrogen) atoms. The molecule has 2 heterocycles. The van der Waals surface area contributed by atoms with E-state index < -0.39 is 17.9 Å². The highest BCUT2D eigenvalue weighted by Gasteiger charge is 2.31. The minimum absolute atomic E-state index is 0.0246. The lowest BCUT2D eigenvalue weighted by Gasteiger charge is -2.09. The molecular weight excluding hydrogens is 355 g/mol. The standard InChI is InChI=1S/C16H12F3N3O4/c1-2-25-15(24)11-7-13-14(23)20-12(8-22(13)21-11)9-3-5-10(6-4-9)26-16(17,18)19/h3-8H,2H2,1H3,(H,20,23). The molecule has 0 spiro atoms. The van der Waals surface area contributed by atoms with Crippen LogP contribution >= 0.6 is 0 Å². The van der Waals surface area contributed by atoms with Crippen LogP contribution in [0.5, 0.6) is 5.75 Å². The third-order valence-electron chi connectivity index (χ3n) is 3.35. The summed E-state index contributed by atoms with van der Waals surface area (Å²) >= 11 is 0. The van der Waals surface area contributed by atoms with Gasteiger partial charge in [0.15, 0.2) is 5.69 Å². The highest BCUT2D eigenvalue weighted by atomic mass is 19.4. The molecule has 0 atom stereocenters. The number of carbonyl (C=O) groups excluding carboxylic acids is 1. The molecule has 1 aromatic carbocycles. The first-order valence-corrected chi connectivity index (χ1v) is 7.43. The number of H-pyrrole nitrogens is 1. The number of esters is 1. The van der Waals surface area contributed by atoms with Crippen molar-refractivity contribution in [2.24, 2.45) is 0 Å². The van der Waals surface area contributed by atoms with Gasteiger partial charge in [-0.25, -0.2) is 9.31 Å². The summed E-state index contributed by atoms with van der Waals surface area (Å²) in [5, 5.41) is 3.99. The molecule has 0 radical (unpaired) electrons. The molecule has 0 aliphatic carbocycles. The number of benzene rings is 1. The van der Waals surface area contributed by atoms with E-state index in [1.165, 1.54) is 28.9 Å². The summed E-state index contributed by atoms with van der Waals surface area (Å²) in [4.78, 5) is 26.5. The Bertz CT molecular complexity index is 1010. The highest BCUT2D eigenvalue weighted by Crippen LogP contribution is 2.25. The van der Waals surface area contributed by atoms with E-state index in [1.807, 2.05) is 0 Å². The predicted octanol–water partition coefficient (Wildman–Crippen LogP) is 2.76. The second-order valence-corrected chi connectivity index (χ2v) is 5.15. The van der Waals surface area contributed by atoms with Crippen LogP contribution in [0.25, 0.3) is 16.8 Å². The summed E-state index contributed by atoms with van der Waals surface area (Å²) in [6, 6.07) is 6.25. The van der Waals surface area contributed by atoms with Gasteiger partial charge < -0.3 is 14.5 Å². The van der Waals surface area contributed by atoms with E-state index in [2.05, 4.69) is 14.8 Å². The first-order chi connectivity index (χ1) is 12.3. The highest BCUT2D eigenvalue weighted by molar-refractivity contribution is 5.88. The van der Waals surface area contributed by atoms with Gasteiger partial charge in [-0.05, 0) is 36.8 Å². The van der Waals surface area contributed by atoms with Crippen LogP contribution in [0.4, 0.5) is 13.2 Å². The molecule has 0 aliphatic rings. The van der Waals surface area contributed by atoms with Gasteiger partial charge >= 0.3 is 12.3 Å². The lowest BCUT2D eigenvalue weighted by atomic mass is 10.1. The number of ether oxygens (including phenoxy) is 2. The number of hydrogen-bond acceptors (Lipinski definition) is 5. The Hall–Kier alpha value is -3.30. The summed E-state index contributed by atoms with van der Waals surface area (Å²) in [5.41, 5.74) is 0.338. The molecule has 0 amide bonds. The second-order valence-electron chi connectivity index (χ2n) is 5.15. The maximum Gasteiger partial charge on any atom is 0.573 e. The summed E-state index contributed by atoms with van der Waals surface area (Å²) in [6.07, 6.45) is -3.34. The van der Waals surface area contributed by atoms with Crippen molar-refractivity contribution in [3.05, 3.63) is 52.6 Å². The van der Waals surface area contributed by atoms with Crippen molar-refractivity contribution in [1.82, 2.24) is 14.6 Å². The van der Waals surface area contributed by atoms with Crippen LogP contribution in [0.1, 0.15) is 17.4 Å². The number of nitrogens with one attached hydrogen (secondary N) is 1. The first-order valence-electron chi connectivity index (χ1n) is 7.43. The van der Waals surface area contributed by atoms with Gasteiger partial charge in [0.25, 0.3) is 5.56 Å². The van der Waals surface area contributed by atoms with Crippen LogP contribution < -0.4 is 10.3 Å². The van der Waals surface area contributed by atoms with Crippen molar-refractivity contribution in [2.75, 3.05) is 6.61 Å². The SMILES string of the molecule is CCOC(=O)c1cc2c(=O)[nH]c(-c3ccc(OC(F)(F)F)cc3)cn2n1. The van der Waals surface area contributed by atoms with E-state index in [1.54, 1.807) is 6.92 Å². The molecule has 136 valence electrons. The largest absolute Gasteiger partial charge is 0.573 e. The van der Waals surface area contributed by atoms with Crippen molar-refractivity contribution < 1.29 is 27.4 Å². The van der Waals surface area contributed by atoms with Crippen LogP contribution in [0.15, 0.2) is 41.3 Å². The van der Waals surface area contributed by atoms with Gasteiger partial charge in [0.05, 0.1) is 18.5 Å². The summed E-state index contributed by atoms with van der Waals surface area (Å²) in [7, 11) is 0. The van der Waals surface area contributed by atoms with Gasteiger partial charge in [0, 0.05) is 6.07 Å². The number of fused-ring (bicyclic) bond motifs is 1. The molecule has 7 nitrogen and oxygen atoms in total. The van der Waals surface area contributed by atoms with Gasteiger partial charge in [-0.3, -0.25) is 4.79 Å². The van der Waals surface area contributed by atoms with Gasteiger partial charge in [-0.2, -0.15) is 5.10 Å². The fourth-order valence-corrected chi connectivity index (χ4v) is 2.29. The molecule has 2 aromatic heterocycles. The number of halogens is 3. The zero-order chi connectivity index (χ0) is 18.9. The van der Waals surface area contributed by atoms with Crippen molar-refractivity contribution in [1.29, 1.82) is 0 Å². The summed E-state index contributed by atoms with van der Waals surface area (Å²) < 4.78 is 46.4. The molecule has 0 saturated carbocycles. The number of rotatable bonds is 4. The Balaban J connectivity index is 1.95. The molecule has 0 bridgehead atoms. The van der Waals surface area contributed by atoms with Crippen LogP contribution in [0.2, 0.25) is 0 Å². The second kappa shape index (κ2) is 6.54. The van der Waals surface area contributed by atoms with Crippen molar-refractivity contribution in [3.8, 4) is 17.0 Å². The molecule has 0 saturated heterocycles. The molecule has 1 N–H and O–H groups in total. The Morgan fingerprint density at radius 3 is 2.58 bits per heavy atom. The Labute approximate surface area is 144 Å². The summed E-state index contributed by atoms with van der Waals surface area (Å²) in [6.45, 7) is 1.81. The molecule has 0 aliphatic heterocycles. The van der Waals surface area contributed by atoms with E-state index in [0.717, 1.165) is 12.1 Å². The van der Waals surface area contributed by atoms with Crippen LogP contribution in [0, 0.1) is 0 Å². The molecular formula is C16H12F3N3O4.